The first-order chi connectivity index (χ1) is 13.3. The Labute approximate surface area is 159 Å². The third-order valence-electron chi connectivity index (χ3n) is 4.21. The molecule has 0 atom stereocenters. The standard InChI is InChI=1S/C20H18F4N2O2/c21-17-13-16(5-6-18(17)26-8-10-28-11-9-26)25-19(27)7-4-14-2-1-3-15(12-14)20(22,23)24/h1-7,12-13H,8-11H2,(H,25,27)/b7-4+. The van der Waals surface area contributed by atoms with Gasteiger partial charge in [0.1, 0.15) is 5.82 Å². The molecule has 1 aliphatic heterocycles. The number of amides is 1. The Bertz CT molecular complexity index is 875. The lowest BCUT2D eigenvalue weighted by atomic mass is 10.1. The summed E-state index contributed by atoms with van der Waals surface area (Å²) in [5.74, 6) is -1.04. The molecule has 0 radical (unpaired) electrons. The summed E-state index contributed by atoms with van der Waals surface area (Å²) in [7, 11) is 0. The van der Waals surface area contributed by atoms with E-state index in [0.29, 0.717) is 32.0 Å². The molecule has 2 aromatic carbocycles. The Kier molecular flexibility index (Phi) is 5.99. The van der Waals surface area contributed by atoms with Crippen LogP contribution in [0.15, 0.2) is 48.5 Å². The maximum Gasteiger partial charge on any atom is 0.416 e. The summed E-state index contributed by atoms with van der Waals surface area (Å²) >= 11 is 0. The summed E-state index contributed by atoms with van der Waals surface area (Å²) in [6.45, 7) is 2.22. The van der Waals surface area contributed by atoms with Gasteiger partial charge in [0, 0.05) is 24.9 Å². The topological polar surface area (TPSA) is 41.6 Å². The van der Waals surface area contributed by atoms with Gasteiger partial charge in [0.2, 0.25) is 5.91 Å². The fourth-order valence-electron chi connectivity index (χ4n) is 2.82. The molecule has 1 heterocycles. The molecule has 0 spiro atoms. The second-order valence-corrected chi connectivity index (χ2v) is 6.21. The van der Waals surface area contributed by atoms with Crippen molar-refractivity contribution >= 4 is 23.4 Å². The molecule has 8 heteroatoms. The van der Waals surface area contributed by atoms with Crippen molar-refractivity contribution in [2.24, 2.45) is 0 Å². The number of carbonyl (C=O) groups is 1. The number of nitrogens with one attached hydrogen (secondary N) is 1. The van der Waals surface area contributed by atoms with Crippen molar-refractivity contribution < 1.29 is 27.1 Å². The second kappa shape index (κ2) is 8.43. The van der Waals surface area contributed by atoms with Crippen LogP contribution in [0.5, 0.6) is 0 Å². The van der Waals surface area contributed by atoms with Crippen molar-refractivity contribution in [1.29, 1.82) is 0 Å². The fraction of sp³-hybridized carbons (Fsp3) is 0.250. The zero-order valence-corrected chi connectivity index (χ0v) is 14.8. The number of hydrogen-bond acceptors (Lipinski definition) is 3. The highest BCUT2D eigenvalue weighted by atomic mass is 19.4. The minimum atomic E-state index is -4.45. The van der Waals surface area contributed by atoms with Crippen LogP contribution in [0.4, 0.5) is 28.9 Å². The average Bonchev–Trinajstić information content (AvgIpc) is 2.67. The van der Waals surface area contributed by atoms with Crippen LogP contribution < -0.4 is 10.2 Å². The Morgan fingerprint density at radius 1 is 1.11 bits per heavy atom. The normalized spacial score (nSPS) is 15.1. The maximum atomic E-state index is 14.3. The number of halogens is 4. The number of carbonyl (C=O) groups excluding carboxylic acids is 1. The van der Waals surface area contributed by atoms with Gasteiger partial charge in [-0.05, 0) is 42.0 Å². The van der Waals surface area contributed by atoms with Crippen molar-refractivity contribution in [2.45, 2.75) is 6.18 Å². The predicted molar refractivity (Wildman–Crippen MR) is 98.5 cm³/mol. The molecule has 1 saturated heterocycles. The van der Waals surface area contributed by atoms with Crippen molar-refractivity contribution in [1.82, 2.24) is 0 Å². The van der Waals surface area contributed by atoms with E-state index in [1.54, 1.807) is 12.1 Å². The molecule has 0 unspecified atom stereocenters. The summed E-state index contributed by atoms with van der Waals surface area (Å²) in [4.78, 5) is 13.9. The van der Waals surface area contributed by atoms with Gasteiger partial charge >= 0.3 is 6.18 Å². The van der Waals surface area contributed by atoms with Gasteiger partial charge in [-0.3, -0.25) is 4.79 Å². The number of nitrogens with zero attached hydrogens (tertiary/aromatic N) is 1. The number of morpholine rings is 1. The highest BCUT2D eigenvalue weighted by Gasteiger charge is 2.30. The first-order valence-corrected chi connectivity index (χ1v) is 8.61. The Morgan fingerprint density at radius 2 is 1.86 bits per heavy atom. The molecule has 148 valence electrons. The van der Waals surface area contributed by atoms with Gasteiger partial charge in [0.25, 0.3) is 0 Å². The minimum absolute atomic E-state index is 0.235. The monoisotopic (exact) mass is 394 g/mol. The van der Waals surface area contributed by atoms with Gasteiger partial charge in [-0.1, -0.05) is 12.1 Å². The highest BCUT2D eigenvalue weighted by molar-refractivity contribution is 6.02. The van der Waals surface area contributed by atoms with Crippen molar-refractivity contribution in [3.05, 3.63) is 65.5 Å². The van der Waals surface area contributed by atoms with Crippen LogP contribution in [0.2, 0.25) is 0 Å². The number of rotatable bonds is 4. The van der Waals surface area contributed by atoms with E-state index in [1.807, 2.05) is 4.90 Å². The number of benzene rings is 2. The van der Waals surface area contributed by atoms with E-state index in [2.05, 4.69) is 5.32 Å². The number of ether oxygens (including phenoxy) is 1. The Morgan fingerprint density at radius 3 is 2.54 bits per heavy atom. The van der Waals surface area contributed by atoms with Gasteiger partial charge in [0.15, 0.2) is 0 Å². The van der Waals surface area contributed by atoms with E-state index in [1.165, 1.54) is 24.3 Å². The quantitative estimate of drug-likeness (QED) is 0.620. The third kappa shape index (κ3) is 5.10. The first-order valence-electron chi connectivity index (χ1n) is 8.61. The molecule has 2 aromatic rings. The summed E-state index contributed by atoms with van der Waals surface area (Å²) in [5, 5.41) is 2.50. The minimum Gasteiger partial charge on any atom is -0.378 e. The molecule has 0 bridgehead atoms. The maximum absolute atomic E-state index is 14.3. The van der Waals surface area contributed by atoms with Gasteiger partial charge in [-0.15, -0.1) is 0 Å². The van der Waals surface area contributed by atoms with Crippen molar-refractivity contribution in [3.63, 3.8) is 0 Å². The zero-order chi connectivity index (χ0) is 20.1. The molecule has 1 amide bonds. The average molecular weight is 394 g/mol. The lowest BCUT2D eigenvalue weighted by Gasteiger charge is -2.29. The summed E-state index contributed by atoms with van der Waals surface area (Å²) < 4.78 is 57.7. The SMILES string of the molecule is O=C(/C=C/c1cccc(C(F)(F)F)c1)Nc1ccc(N2CCOCC2)c(F)c1. The molecule has 28 heavy (non-hydrogen) atoms. The third-order valence-corrected chi connectivity index (χ3v) is 4.21. The molecule has 1 aliphatic rings. The van der Waals surface area contributed by atoms with E-state index in [-0.39, 0.29) is 11.3 Å². The molecule has 3 rings (SSSR count). The molecule has 0 saturated carbocycles. The fourth-order valence-corrected chi connectivity index (χ4v) is 2.82. The van der Waals surface area contributed by atoms with Gasteiger partial charge in [0.05, 0.1) is 24.5 Å². The van der Waals surface area contributed by atoms with E-state index in [9.17, 15) is 22.4 Å². The Hall–Kier alpha value is -2.87. The lowest BCUT2D eigenvalue weighted by Crippen LogP contribution is -2.36. The van der Waals surface area contributed by atoms with Crippen molar-refractivity contribution in [2.75, 3.05) is 36.5 Å². The van der Waals surface area contributed by atoms with Crippen LogP contribution in [-0.2, 0) is 15.7 Å². The van der Waals surface area contributed by atoms with Crippen LogP contribution in [0.1, 0.15) is 11.1 Å². The van der Waals surface area contributed by atoms with E-state index in [0.717, 1.165) is 18.2 Å². The van der Waals surface area contributed by atoms with Gasteiger partial charge < -0.3 is 15.0 Å². The smallest absolute Gasteiger partial charge is 0.378 e. The molecular weight excluding hydrogens is 376 g/mol. The van der Waals surface area contributed by atoms with E-state index < -0.39 is 23.5 Å². The summed E-state index contributed by atoms with van der Waals surface area (Å²) in [5.41, 5.74) is 0.128. The van der Waals surface area contributed by atoms with E-state index in [4.69, 9.17) is 4.74 Å². The van der Waals surface area contributed by atoms with Gasteiger partial charge in [-0.2, -0.15) is 13.2 Å². The Balaban J connectivity index is 1.65. The van der Waals surface area contributed by atoms with Gasteiger partial charge in [-0.25, -0.2) is 4.39 Å². The van der Waals surface area contributed by atoms with E-state index >= 15 is 0 Å². The highest BCUT2D eigenvalue weighted by Crippen LogP contribution is 2.29. The largest absolute Gasteiger partial charge is 0.416 e. The second-order valence-electron chi connectivity index (χ2n) is 6.21. The van der Waals surface area contributed by atoms with Crippen molar-refractivity contribution in [3.8, 4) is 0 Å². The molecule has 1 fully saturated rings. The molecule has 1 N–H and O–H groups in total. The predicted octanol–water partition coefficient (Wildman–Crippen LogP) is 4.33. The van der Waals surface area contributed by atoms with Crippen LogP contribution >= 0.6 is 0 Å². The number of anilines is 2. The first kappa shape index (κ1) is 19.9. The summed E-state index contributed by atoms with van der Waals surface area (Å²) in [6, 6.07) is 8.98. The summed E-state index contributed by atoms with van der Waals surface area (Å²) in [6.07, 6.45) is -2.09. The number of hydrogen-bond donors (Lipinski definition) is 1. The molecule has 0 aliphatic carbocycles. The molecular formula is C20H18F4N2O2. The van der Waals surface area contributed by atoms with Crippen LogP contribution in [0.25, 0.3) is 6.08 Å². The van der Waals surface area contributed by atoms with Crippen LogP contribution in [0, 0.1) is 5.82 Å². The van der Waals surface area contributed by atoms with Crippen LogP contribution in [0.3, 0.4) is 0 Å². The molecule has 0 aromatic heterocycles. The zero-order valence-electron chi connectivity index (χ0n) is 14.8. The lowest BCUT2D eigenvalue weighted by molar-refractivity contribution is -0.137. The van der Waals surface area contributed by atoms with Crippen LogP contribution in [-0.4, -0.2) is 32.2 Å². The molecule has 4 nitrogen and oxygen atoms in total. The number of alkyl halides is 3.